The Balaban J connectivity index is 1.81. The van der Waals surface area contributed by atoms with E-state index in [2.05, 4.69) is 20.1 Å². The molecule has 3 aromatic rings. The minimum atomic E-state index is -5.47. The molecule has 0 aliphatic carbocycles. The first kappa shape index (κ1) is 28.6. The van der Waals surface area contributed by atoms with Crippen LogP contribution in [0.2, 0.25) is 5.02 Å². The lowest BCUT2D eigenvalue weighted by molar-refractivity contribution is -0.219. The zero-order chi connectivity index (χ0) is 28.8. The highest BCUT2D eigenvalue weighted by molar-refractivity contribution is 7.89. The van der Waals surface area contributed by atoms with Gasteiger partial charge in [-0.2, -0.15) is 26.3 Å². The molecule has 1 fully saturated rings. The van der Waals surface area contributed by atoms with Gasteiger partial charge in [-0.05, 0) is 53.7 Å². The fraction of sp³-hybridized carbons (Fsp3) is 0.318. The summed E-state index contributed by atoms with van der Waals surface area (Å²) in [6, 6.07) is 5.62. The lowest BCUT2D eigenvalue weighted by Gasteiger charge is -2.30. The number of anilines is 3. The van der Waals surface area contributed by atoms with E-state index in [0.717, 1.165) is 29.4 Å². The molecular weight excluding hydrogens is 580 g/mol. The number of carbonyl (C=O) groups excluding carboxylic acids is 1. The normalized spacial score (nSPS) is 16.6. The smallest absolute Gasteiger partial charge is 0.358 e. The zero-order valence-electron chi connectivity index (χ0n) is 19.7. The number of carbonyl (C=O) groups is 1. The highest BCUT2D eigenvalue weighted by Gasteiger charge is 2.47. The van der Waals surface area contributed by atoms with Crippen LogP contribution in [0.1, 0.15) is 12.8 Å². The Bertz CT molecular complexity index is 1520. The van der Waals surface area contributed by atoms with Crippen molar-refractivity contribution in [2.75, 3.05) is 23.8 Å². The number of hydroxylamine groups is 1. The van der Waals surface area contributed by atoms with Crippen molar-refractivity contribution in [1.29, 1.82) is 0 Å². The highest BCUT2D eigenvalue weighted by Crippen LogP contribution is 2.41. The van der Waals surface area contributed by atoms with Crippen molar-refractivity contribution in [2.24, 2.45) is 0 Å². The van der Waals surface area contributed by atoms with Gasteiger partial charge in [0.15, 0.2) is 0 Å². The Morgan fingerprint density at radius 2 is 1.85 bits per heavy atom. The summed E-state index contributed by atoms with van der Waals surface area (Å²) in [6.07, 6.45) is -8.91. The quantitative estimate of drug-likeness (QED) is 0.306. The number of hydrogen-bond donors (Lipinski definition) is 1. The fourth-order valence-corrected chi connectivity index (χ4v) is 5.19. The molecule has 0 saturated carbocycles. The van der Waals surface area contributed by atoms with E-state index in [-0.39, 0.29) is 41.0 Å². The molecule has 17 heteroatoms. The molecule has 1 aromatic heterocycles. The van der Waals surface area contributed by atoms with Crippen LogP contribution in [0.5, 0.6) is 0 Å². The van der Waals surface area contributed by atoms with Gasteiger partial charge in [0.2, 0.25) is 0 Å². The van der Waals surface area contributed by atoms with Crippen molar-refractivity contribution >= 4 is 55.7 Å². The third-order valence-electron chi connectivity index (χ3n) is 5.84. The van der Waals surface area contributed by atoms with E-state index in [4.69, 9.17) is 11.6 Å². The zero-order valence-corrected chi connectivity index (χ0v) is 21.3. The highest BCUT2D eigenvalue weighted by atomic mass is 35.5. The number of nitrogens with zero attached hydrogens (tertiary/aromatic N) is 4. The van der Waals surface area contributed by atoms with Gasteiger partial charge in [-0.1, -0.05) is 11.6 Å². The first-order chi connectivity index (χ1) is 18.1. The number of halogens is 7. The summed E-state index contributed by atoms with van der Waals surface area (Å²) in [7, 11) is -4.32. The van der Waals surface area contributed by atoms with E-state index in [1.807, 2.05) is 0 Å². The number of hydrogen-bond acceptors (Lipinski definition) is 8. The monoisotopic (exact) mass is 597 g/mol. The second-order valence-corrected chi connectivity index (χ2v) is 10.7. The Hall–Kier alpha value is -3.37. The van der Waals surface area contributed by atoms with E-state index in [1.54, 1.807) is 12.1 Å². The predicted octanol–water partition coefficient (Wildman–Crippen LogP) is 5.20. The van der Waals surface area contributed by atoms with Gasteiger partial charge >= 0.3 is 18.3 Å². The maximum absolute atomic E-state index is 13.8. The molecule has 0 bridgehead atoms. The Labute approximate surface area is 222 Å². The van der Waals surface area contributed by atoms with Crippen LogP contribution in [0.25, 0.3) is 10.9 Å². The largest absolute Gasteiger partial charge is 0.492 e. The molecule has 0 spiro atoms. The van der Waals surface area contributed by atoms with Gasteiger partial charge in [-0.15, -0.1) is 0 Å². The number of alkyl halides is 6. The number of benzene rings is 2. The Morgan fingerprint density at radius 1 is 1.13 bits per heavy atom. The van der Waals surface area contributed by atoms with Crippen molar-refractivity contribution in [3.05, 3.63) is 47.7 Å². The summed E-state index contributed by atoms with van der Waals surface area (Å²) in [6.45, 7) is -0.00952. The number of rotatable bonds is 6. The minimum absolute atomic E-state index is 0.00952. The summed E-state index contributed by atoms with van der Waals surface area (Å²) in [4.78, 5) is 23.6. The molecule has 0 radical (unpaired) electrons. The summed E-state index contributed by atoms with van der Waals surface area (Å²) < 4.78 is 105. The fourth-order valence-electron chi connectivity index (χ4n) is 4.04. The molecule has 2 aromatic carbocycles. The van der Waals surface area contributed by atoms with E-state index < -0.39 is 39.3 Å². The molecular formula is C22H18ClF6N5O4S. The second kappa shape index (κ2) is 10.3. The maximum Gasteiger partial charge on any atom is 0.492 e. The molecule has 0 unspecified atom stereocenters. The van der Waals surface area contributed by atoms with E-state index in [1.165, 1.54) is 6.07 Å². The third-order valence-corrected chi connectivity index (χ3v) is 7.67. The topological polar surface area (TPSA) is 105 Å². The summed E-state index contributed by atoms with van der Waals surface area (Å²) >= 11 is 6.07. The van der Waals surface area contributed by atoms with Crippen LogP contribution in [0.3, 0.4) is 0 Å². The Kier molecular flexibility index (Phi) is 7.57. The van der Waals surface area contributed by atoms with Gasteiger partial charge < -0.3 is 15.1 Å². The van der Waals surface area contributed by atoms with Crippen LogP contribution >= 0.6 is 11.6 Å². The summed E-state index contributed by atoms with van der Waals surface area (Å²) in [5, 5.41) is 3.47. The standard InChI is InChI=1S/C22H18ClF6N5O4S/c1-33(38-20(35)22(27,28)29)39(36,37)13-5-7-17(34-8-2-3-18(34)21(24,25)26)16(10-13)32-19-14-9-12(23)4-6-15(14)30-11-31-19/h4-7,9-11,18H,2-3,8H2,1H3,(H,30,31,32)/t18-/m1/s1. The Morgan fingerprint density at radius 3 is 2.51 bits per heavy atom. The molecule has 4 rings (SSSR count). The molecule has 210 valence electrons. The molecule has 1 aliphatic rings. The molecule has 1 N–H and O–H groups in total. The molecule has 1 aliphatic heterocycles. The van der Waals surface area contributed by atoms with Gasteiger partial charge in [0.25, 0.3) is 10.0 Å². The van der Waals surface area contributed by atoms with Crippen molar-refractivity contribution in [2.45, 2.75) is 36.1 Å². The number of nitrogens with one attached hydrogen (secondary N) is 1. The van der Waals surface area contributed by atoms with Gasteiger partial charge in [0, 0.05) is 24.0 Å². The van der Waals surface area contributed by atoms with Crippen molar-refractivity contribution in [3.8, 4) is 0 Å². The average molecular weight is 598 g/mol. The summed E-state index contributed by atoms with van der Waals surface area (Å²) in [5.74, 6) is -2.71. The molecule has 1 atom stereocenters. The van der Waals surface area contributed by atoms with Gasteiger partial charge in [-0.3, -0.25) is 0 Å². The second-order valence-electron chi connectivity index (χ2n) is 8.37. The first-order valence-electron chi connectivity index (χ1n) is 11.0. The summed E-state index contributed by atoms with van der Waals surface area (Å²) in [5.41, 5.74) is 0.204. The van der Waals surface area contributed by atoms with Crippen LogP contribution in [0.15, 0.2) is 47.6 Å². The van der Waals surface area contributed by atoms with Gasteiger partial charge in [0.05, 0.1) is 21.8 Å². The van der Waals surface area contributed by atoms with Crippen molar-refractivity contribution < 1.29 is 44.4 Å². The molecule has 0 amide bonds. The van der Waals surface area contributed by atoms with Crippen molar-refractivity contribution in [3.63, 3.8) is 0 Å². The van der Waals surface area contributed by atoms with E-state index in [0.29, 0.717) is 23.0 Å². The maximum atomic E-state index is 13.8. The van der Waals surface area contributed by atoms with E-state index in [9.17, 15) is 39.6 Å². The minimum Gasteiger partial charge on any atom is -0.358 e. The van der Waals surface area contributed by atoms with Gasteiger partial charge in [0.1, 0.15) is 18.2 Å². The SMILES string of the molecule is CN(OC(=O)C(F)(F)F)S(=O)(=O)c1ccc(N2CCC[C@@H]2C(F)(F)F)c(Nc2ncnc3ccc(Cl)cc23)c1. The van der Waals surface area contributed by atoms with Crippen LogP contribution in [-0.2, 0) is 19.7 Å². The van der Waals surface area contributed by atoms with Crippen LogP contribution < -0.4 is 10.2 Å². The number of sulfonamides is 1. The van der Waals surface area contributed by atoms with Crippen LogP contribution in [0, 0.1) is 0 Å². The average Bonchev–Trinajstić information content (AvgIpc) is 3.34. The lowest BCUT2D eigenvalue weighted by atomic mass is 10.1. The molecule has 1 saturated heterocycles. The van der Waals surface area contributed by atoms with E-state index >= 15 is 0 Å². The predicted molar refractivity (Wildman–Crippen MR) is 128 cm³/mol. The molecule has 9 nitrogen and oxygen atoms in total. The molecule has 2 heterocycles. The lowest BCUT2D eigenvalue weighted by Crippen LogP contribution is -2.41. The van der Waals surface area contributed by atoms with Gasteiger partial charge in [-0.25, -0.2) is 23.2 Å². The van der Waals surface area contributed by atoms with Crippen LogP contribution in [-0.4, -0.2) is 60.8 Å². The molecule has 39 heavy (non-hydrogen) atoms. The van der Waals surface area contributed by atoms with Crippen LogP contribution in [0.4, 0.5) is 43.5 Å². The first-order valence-corrected chi connectivity index (χ1v) is 12.8. The number of fused-ring (bicyclic) bond motifs is 1. The third kappa shape index (κ3) is 5.96. The van der Waals surface area contributed by atoms with Crippen molar-refractivity contribution in [1.82, 2.24) is 14.4 Å². The number of aromatic nitrogens is 2.